The van der Waals surface area contributed by atoms with Crippen LogP contribution in [0.2, 0.25) is 0 Å². The molecule has 2 nitrogen and oxygen atoms in total. The lowest BCUT2D eigenvalue weighted by molar-refractivity contribution is -0.113. The van der Waals surface area contributed by atoms with Crippen LogP contribution in [0.3, 0.4) is 0 Å². The van der Waals surface area contributed by atoms with Crippen LogP contribution in [-0.2, 0) is 4.79 Å². The number of hydrogen-bond donors (Lipinski definition) is 1. The molecule has 64 valence electrons. The largest absolute Gasteiger partial charge is 0.388 e. The zero-order chi connectivity index (χ0) is 8.97. The van der Waals surface area contributed by atoms with Crippen molar-refractivity contribution in [3.05, 3.63) is 30.1 Å². The van der Waals surface area contributed by atoms with Crippen molar-refractivity contribution in [2.24, 2.45) is 0 Å². The number of aliphatic hydroxyl groups is 1. The van der Waals surface area contributed by atoms with Crippen LogP contribution in [0.15, 0.2) is 29.2 Å². The Kier molecular flexibility index (Phi) is 3.25. The minimum absolute atomic E-state index is 0.247. The molecule has 0 saturated heterocycles. The second-order valence-corrected chi connectivity index (χ2v) is 3.16. The van der Waals surface area contributed by atoms with Gasteiger partial charge in [0, 0.05) is 0 Å². The van der Waals surface area contributed by atoms with Crippen molar-refractivity contribution in [2.45, 2.75) is 4.90 Å². The summed E-state index contributed by atoms with van der Waals surface area (Å²) in [4.78, 5) is 10.9. The molecule has 1 aromatic rings. The molecule has 4 heteroatoms. The van der Waals surface area contributed by atoms with Gasteiger partial charge in [0.1, 0.15) is 12.4 Å². The number of benzene rings is 1. The van der Waals surface area contributed by atoms with Crippen LogP contribution < -0.4 is 0 Å². The zero-order valence-corrected chi connectivity index (χ0v) is 6.97. The van der Waals surface area contributed by atoms with Gasteiger partial charge < -0.3 is 5.11 Å². The molecule has 0 aliphatic rings. The van der Waals surface area contributed by atoms with Gasteiger partial charge in [-0.2, -0.15) is 0 Å². The van der Waals surface area contributed by atoms with Crippen molar-refractivity contribution >= 4 is 16.9 Å². The average molecular weight is 186 g/mol. The summed E-state index contributed by atoms with van der Waals surface area (Å²) in [5, 5.41) is 7.94. The van der Waals surface area contributed by atoms with Gasteiger partial charge in [-0.3, -0.25) is 4.79 Å². The van der Waals surface area contributed by atoms with Crippen LogP contribution in [0, 0.1) is 5.82 Å². The molecule has 0 heterocycles. The number of hydrogen-bond acceptors (Lipinski definition) is 3. The summed E-state index contributed by atoms with van der Waals surface area (Å²) in [7, 11) is 0. The summed E-state index contributed by atoms with van der Waals surface area (Å²) in [5.74, 6) is -0.440. The summed E-state index contributed by atoms with van der Waals surface area (Å²) >= 11 is 0.706. The highest BCUT2D eigenvalue weighted by molar-refractivity contribution is 8.13. The van der Waals surface area contributed by atoms with Crippen LogP contribution in [0.4, 0.5) is 4.39 Å². The van der Waals surface area contributed by atoms with Gasteiger partial charge in [0.25, 0.3) is 0 Å². The maximum absolute atomic E-state index is 12.8. The Hall–Kier alpha value is -0.870. The smallest absolute Gasteiger partial charge is 0.219 e. The molecule has 0 saturated carbocycles. The van der Waals surface area contributed by atoms with Gasteiger partial charge in [-0.25, -0.2) is 4.39 Å². The molecule has 0 radical (unpaired) electrons. The molecule has 0 atom stereocenters. The van der Waals surface area contributed by atoms with Crippen LogP contribution in [-0.4, -0.2) is 16.8 Å². The van der Waals surface area contributed by atoms with E-state index < -0.39 is 17.5 Å². The topological polar surface area (TPSA) is 37.3 Å². The number of halogens is 1. The number of carbonyl (C=O) groups is 1. The van der Waals surface area contributed by atoms with Crippen molar-refractivity contribution in [3.8, 4) is 0 Å². The molecular formula is C8H7FO2S. The van der Waals surface area contributed by atoms with E-state index in [4.69, 9.17) is 5.11 Å². The third kappa shape index (κ3) is 2.32. The van der Waals surface area contributed by atoms with Gasteiger partial charge >= 0.3 is 0 Å². The SMILES string of the molecule is O=C(CO)Sc1ccccc1F. The van der Waals surface area contributed by atoms with Gasteiger partial charge in [0.05, 0.1) is 4.90 Å². The first kappa shape index (κ1) is 9.22. The summed E-state index contributed by atoms with van der Waals surface area (Å²) in [6.07, 6.45) is 0. The summed E-state index contributed by atoms with van der Waals surface area (Å²) < 4.78 is 12.8. The van der Waals surface area contributed by atoms with E-state index in [1.165, 1.54) is 12.1 Å². The second kappa shape index (κ2) is 4.23. The maximum Gasteiger partial charge on any atom is 0.219 e. The first-order chi connectivity index (χ1) is 5.74. The predicted molar refractivity (Wildman–Crippen MR) is 44.3 cm³/mol. The molecule has 0 aliphatic carbocycles. The van der Waals surface area contributed by atoms with E-state index in [2.05, 4.69) is 0 Å². The standard InChI is InChI=1S/C8H7FO2S/c9-6-3-1-2-4-7(6)12-8(11)5-10/h1-4,10H,5H2. The molecule has 1 rings (SSSR count). The monoisotopic (exact) mass is 186 g/mol. The van der Waals surface area contributed by atoms with Crippen molar-refractivity contribution in [1.82, 2.24) is 0 Å². The van der Waals surface area contributed by atoms with Gasteiger partial charge in [-0.1, -0.05) is 12.1 Å². The number of aliphatic hydroxyl groups excluding tert-OH is 1. The third-order valence-electron chi connectivity index (χ3n) is 1.19. The van der Waals surface area contributed by atoms with Gasteiger partial charge in [0.2, 0.25) is 5.12 Å². The number of thioether (sulfide) groups is 1. The van der Waals surface area contributed by atoms with E-state index in [1.54, 1.807) is 12.1 Å². The molecule has 1 aromatic carbocycles. The van der Waals surface area contributed by atoms with E-state index in [9.17, 15) is 9.18 Å². The third-order valence-corrected chi connectivity index (χ3v) is 2.10. The average Bonchev–Trinajstić information content (AvgIpc) is 2.09. The van der Waals surface area contributed by atoms with Crippen LogP contribution in [0.25, 0.3) is 0 Å². The lowest BCUT2D eigenvalue weighted by Gasteiger charge is -1.98. The first-order valence-corrected chi connectivity index (χ1v) is 4.11. The fourth-order valence-electron chi connectivity index (χ4n) is 0.682. The highest BCUT2D eigenvalue weighted by atomic mass is 32.2. The van der Waals surface area contributed by atoms with Crippen LogP contribution in [0.1, 0.15) is 0 Å². The van der Waals surface area contributed by atoms with E-state index in [1.807, 2.05) is 0 Å². The van der Waals surface area contributed by atoms with Crippen molar-refractivity contribution in [1.29, 1.82) is 0 Å². The molecule has 0 amide bonds. The Balaban J connectivity index is 2.75. The Morgan fingerprint density at radius 2 is 2.17 bits per heavy atom. The van der Waals surface area contributed by atoms with E-state index in [-0.39, 0.29) is 4.90 Å². The minimum Gasteiger partial charge on any atom is -0.388 e. The molecule has 0 aromatic heterocycles. The molecule has 12 heavy (non-hydrogen) atoms. The van der Waals surface area contributed by atoms with E-state index >= 15 is 0 Å². The fraction of sp³-hybridized carbons (Fsp3) is 0.125. The highest BCUT2D eigenvalue weighted by Crippen LogP contribution is 2.21. The first-order valence-electron chi connectivity index (χ1n) is 3.30. The normalized spacial score (nSPS) is 9.83. The van der Waals surface area contributed by atoms with E-state index in [0.29, 0.717) is 11.8 Å². The van der Waals surface area contributed by atoms with Crippen molar-refractivity contribution in [3.63, 3.8) is 0 Å². The molecule has 0 bridgehead atoms. The van der Waals surface area contributed by atoms with Gasteiger partial charge in [-0.05, 0) is 23.9 Å². The molecule has 1 N–H and O–H groups in total. The molecule has 0 unspecified atom stereocenters. The Morgan fingerprint density at radius 1 is 1.50 bits per heavy atom. The maximum atomic E-state index is 12.8. The number of rotatable bonds is 2. The van der Waals surface area contributed by atoms with Crippen LogP contribution in [0.5, 0.6) is 0 Å². The minimum atomic E-state index is -0.570. The lowest BCUT2D eigenvalue weighted by Crippen LogP contribution is -1.97. The van der Waals surface area contributed by atoms with Crippen LogP contribution >= 0.6 is 11.8 Å². The second-order valence-electron chi connectivity index (χ2n) is 2.06. The number of carbonyl (C=O) groups excluding carboxylic acids is 1. The van der Waals surface area contributed by atoms with Crippen molar-refractivity contribution < 1.29 is 14.3 Å². The highest BCUT2D eigenvalue weighted by Gasteiger charge is 2.06. The predicted octanol–water partition coefficient (Wildman–Crippen LogP) is 1.44. The quantitative estimate of drug-likeness (QED) is 0.710. The zero-order valence-electron chi connectivity index (χ0n) is 6.16. The summed E-state index contributed by atoms with van der Waals surface area (Å²) in [6, 6.07) is 5.94. The molecule has 0 spiro atoms. The van der Waals surface area contributed by atoms with E-state index in [0.717, 1.165) is 0 Å². The Labute approximate surface area is 73.4 Å². The van der Waals surface area contributed by atoms with Gasteiger partial charge in [0.15, 0.2) is 0 Å². The van der Waals surface area contributed by atoms with Crippen molar-refractivity contribution in [2.75, 3.05) is 6.61 Å². The molecule has 0 fully saturated rings. The Morgan fingerprint density at radius 3 is 2.75 bits per heavy atom. The summed E-state index contributed by atoms with van der Waals surface area (Å²) in [5.41, 5.74) is 0. The molecule has 0 aliphatic heterocycles. The fourth-order valence-corrected chi connectivity index (χ4v) is 1.30. The molecular weight excluding hydrogens is 179 g/mol. The summed E-state index contributed by atoms with van der Waals surface area (Å²) in [6.45, 7) is -0.570. The lowest BCUT2D eigenvalue weighted by atomic mass is 10.3. The Bertz CT molecular complexity index is 288. The van der Waals surface area contributed by atoms with Gasteiger partial charge in [-0.15, -0.1) is 0 Å².